The Hall–Kier alpha value is -2.93. The SMILES string of the molecule is Cc1ccc(S(=O)(=O)Nc2ccc(NCCc3ccc(F)cc3)nc2)c(C)c1. The first-order valence-corrected chi connectivity index (χ1v) is 10.4. The van der Waals surface area contributed by atoms with Gasteiger partial charge < -0.3 is 5.32 Å². The molecule has 1 aromatic heterocycles. The van der Waals surface area contributed by atoms with E-state index in [-0.39, 0.29) is 10.7 Å². The Morgan fingerprint density at radius 1 is 1.00 bits per heavy atom. The van der Waals surface area contributed by atoms with Gasteiger partial charge in [0, 0.05) is 6.54 Å². The zero-order valence-corrected chi connectivity index (χ0v) is 16.6. The standard InChI is InChI=1S/C21H22FN3O2S/c1-15-3-9-20(16(2)13-15)28(26,27)25-19-8-10-21(24-14-19)23-12-11-17-4-6-18(22)7-5-17/h3-10,13-14,25H,11-12H2,1-2H3,(H,23,24). The summed E-state index contributed by atoms with van der Waals surface area (Å²) in [6.45, 7) is 4.32. The minimum Gasteiger partial charge on any atom is -0.370 e. The summed E-state index contributed by atoms with van der Waals surface area (Å²) in [5.74, 6) is 0.383. The van der Waals surface area contributed by atoms with E-state index >= 15 is 0 Å². The monoisotopic (exact) mass is 399 g/mol. The van der Waals surface area contributed by atoms with Crippen LogP contribution in [0.3, 0.4) is 0 Å². The Morgan fingerprint density at radius 2 is 1.75 bits per heavy atom. The van der Waals surface area contributed by atoms with Crippen molar-refractivity contribution in [3.05, 3.63) is 83.3 Å². The van der Waals surface area contributed by atoms with Crippen molar-refractivity contribution in [2.24, 2.45) is 0 Å². The van der Waals surface area contributed by atoms with Crippen molar-refractivity contribution >= 4 is 21.5 Å². The average Bonchev–Trinajstić information content (AvgIpc) is 2.64. The molecule has 0 saturated carbocycles. The fourth-order valence-corrected chi connectivity index (χ4v) is 4.13. The third-order valence-corrected chi connectivity index (χ3v) is 5.81. The first-order valence-electron chi connectivity index (χ1n) is 8.88. The molecule has 3 rings (SSSR count). The van der Waals surface area contributed by atoms with E-state index in [4.69, 9.17) is 0 Å². The van der Waals surface area contributed by atoms with Gasteiger partial charge in [-0.15, -0.1) is 0 Å². The third kappa shape index (κ3) is 5.07. The van der Waals surface area contributed by atoms with Gasteiger partial charge in [-0.2, -0.15) is 0 Å². The molecule has 0 fully saturated rings. The molecule has 0 atom stereocenters. The number of nitrogens with one attached hydrogen (secondary N) is 2. The lowest BCUT2D eigenvalue weighted by Gasteiger charge is -2.11. The molecule has 2 aromatic carbocycles. The molecule has 0 unspecified atom stereocenters. The first-order chi connectivity index (χ1) is 13.3. The Balaban J connectivity index is 1.60. The smallest absolute Gasteiger partial charge is 0.262 e. The lowest BCUT2D eigenvalue weighted by Crippen LogP contribution is -2.14. The van der Waals surface area contributed by atoms with Crippen LogP contribution in [-0.2, 0) is 16.4 Å². The topological polar surface area (TPSA) is 71.1 Å². The molecule has 0 aliphatic rings. The highest BCUT2D eigenvalue weighted by atomic mass is 32.2. The first kappa shape index (κ1) is 19.8. The number of hydrogen-bond acceptors (Lipinski definition) is 4. The maximum Gasteiger partial charge on any atom is 0.262 e. The summed E-state index contributed by atoms with van der Waals surface area (Å²) in [5, 5.41) is 3.16. The van der Waals surface area contributed by atoms with E-state index < -0.39 is 10.0 Å². The molecule has 2 N–H and O–H groups in total. The fraction of sp³-hybridized carbons (Fsp3) is 0.190. The lowest BCUT2D eigenvalue weighted by molar-refractivity contribution is 0.600. The summed E-state index contributed by atoms with van der Waals surface area (Å²) < 4.78 is 40.6. The quantitative estimate of drug-likeness (QED) is 0.622. The van der Waals surface area contributed by atoms with Crippen LogP contribution in [0.4, 0.5) is 15.9 Å². The summed E-state index contributed by atoms with van der Waals surface area (Å²) in [6.07, 6.45) is 2.20. The van der Waals surface area contributed by atoms with Gasteiger partial charge in [-0.05, 0) is 61.7 Å². The minimum absolute atomic E-state index is 0.250. The number of halogens is 1. The summed E-state index contributed by atoms with van der Waals surface area (Å²) in [6, 6.07) is 14.9. The highest BCUT2D eigenvalue weighted by Crippen LogP contribution is 2.20. The molecule has 0 saturated heterocycles. The molecular formula is C21H22FN3O2S. The van der Waals surface area contributed by atoms with Gasteiger partial charge in [-0.1, -0.05) is 29.8 Å². The van der Waals surface area contributed by atoms with Gasteiger partial charge in [-0.3, -0.25) is 4.72 Å². The van der Waals surface area contributed by atoms with E-state index in [0.717, 1.165) is 17.5 Å². The van der Waals surface area contributed by atoms with E-state index in [2.05, 4.69) is 15.0 Å². The molecule has 0 bridgehead atoms. The van der Waals surface area contributed by atoms with E-state index in [1.54, 1.807) is 43.3 Å². The second-order valence-electron chi connectivity index (χ2n) is 6.61. The highest BCUT2D eigenvalue weighted by Gasteiger charge is 2.17. The molecule has 146 valence electrons. The zero-order valence-electron chi connectivity index (χ0n) is 15.7. The van der Waals surface area contributed by atoms with Gasteiger partial charge >= 0.3 is 0 Å². The van der Waals surface area contributed by atoms with Crippen molar-refractivity contribution < 1.29 is 12.8 Å². The molecule has 3 aromatic rings. The molecule has 0 radical (unpaired) electrons. The van der Waals surface area contributed by atoms with Gasteiger partial charge in [0.1, 0.15) is 11.6 Å². The number of benzene rings is 2. The maximum absolute atomic E-state index is 12.9. The predicted molar refractivity (Wildman–Crippen MR) is 110 cm³/mol. The molecule has 1 heterocycles. The van der Waals surface area contributed by atoms with Gasteiger partial charge in [0.2, 0.25) is 0 Å². The minimum atomic E-state index is -3.67. The number of aromatic nitrogens is 1. The van der Waals surface area contributed by atoms with Crippen LogP contribution >= 0.6 is 0 Å². The number of aryl methyl sites for hydroxylation is 2. The molecule has 7 heteroatoms. The lowest BCUT2D eigenvalue weighted by atomic mass is 10.1. The summed E-state index contributed by atoms with van der Waals surface area (Å²) in [5.41, 5.74) is 3.12. The van der Waals surface area contributed by atoms with Crippen molar-refractivity contribution in [2.45, 2.75) is 25.2 Å². The molecule has 0 amide bonds. The fourth-order valence-electron chi connectivity index (χ4n) is 2.86. The Morgan fingerprint density at radius 3 is 2.39 bits per heavy atom. The average molecular weight is 399 g/mol. The molecular weight excluding hydrogens is 377 g/mol. The molecule has 0 aliphatic heterocycles. The summed E-state index contributed by atoms with van der Waals surface area (Å²) in [4.78, 5) is 4.49. The number of sulfonamides is 1. The van der Waals surface area contributed by atoms with Gasteiger partial charge in [0.15, 0.2) is 0 Å². The second kappa shape index (κ2) is 8.39. The zero-order chi connectivity index (χ0) is 20.1. The second-order valence-corrected chi connectivity index (χ2v) is 8.26. The van der Waals surface area contributed by atoms with E-state index in [9.17, 15) is 12.8 Å². The highest BCUT2D eigenvalue weighted by molar-refractivity contribution is 7.92. The summed E-state index contributed by atoms with van der Waals surface area (Å²) >= 11 is 0. The van der Waals surface area contributed by atoms with Gasteiger partial charge in [0.05, 0.1) is 16.8 Å². The van der Waals surface area contributed by atoms with Crippen LogP contribution in [-0.4, -0.2) is 19.9 Å². The maximum atomic E-state index is 12.9. The van der Waals surface area contributed by atoms with Crippen LogP contribution < -0.4 is 10.0 Å². The van der Waals surface area contributed by atoms with E-state index in [1.165, 1.54) is 18.3 Å². The summed E-state index contributed by atoms with van der Waals surface area (Å²) in [7, 11) is -3.67. The Labute approximate surface area is 164 Å². The van der Waals surface area contributed by atoms with Crippen molar-refractivity contribution in [1.29, 1.82) is 0 Å². The molecule has 5 nitrogen and oxygen atoms in total. The van der Waals surface area contributed by atoms with Crippen molar-refractivity contribution in [1.82, 2.24) is 4.98 Å². The van der Waals surface area contributed by atoms with Crippen LogP contribution in [0.2, 0.25) is 0 Å². The van der Waals surface area contributed by atoms with E-state index in [0.29, 0.717) is 23.6 Å². The van der Waals surface area contributed by atoms with Gasteiger partial charge in [-0.25, -0.2) is 17.8 Å². The largest absolute Gasteiger partial charge is 0.370 e. The molecule has 28 heavy (non-hydrogen) atoms. The van der Waals surface area contributed by atoms with Crippen molar-refractivity contribution in [3.63, 3.8) is 0 Å². The Bertz CT molecular complexity index is 1050. The van der Waals surface area contributed by atoms with E-state index in [1.807, 2.05) is 13.0 Å². The number of hydrogen-bond donors (Lipinski definition) is 2. The molecule has 0 aliphatic carbocycles. The normalized spacial score (nSPS) is 11.2. The number of rotatable bonds is 7. The van der Waals surface area contributed by atoms with Crippen LogP contribution in [0.1, 0.15) is 16.7 Å². The van der Waals surface area contributed by atoms with Crippen molar-refractivity contribution in [2.75, 3.05) is 16.6 Å². The number of nitrogens with zero attached hydrogens (tertiary/aromatic N) is 1. The van der Waals surface area contributed by atoms with Crippen LogP contribution in [0.5, 0.6) is 0 Å². The number of anilines is 2. The Kier molecular flexibility index (Phi) is 5.94. The van der Waals surface area contributed by atoms with Gasteiger partial charge in [0.25, 0.3) is 10.0 Å². The van der Waals surface area contributed by atoms with Crippen LogP contribution in [0.25, 0.3) is 0 Å². The van der Waals surface area contributed by atoms with Crippen LogP contribution in [0.15, 0.2) is 65.7 Å². The van der Waals surface area contributed by atoms with Crippen LogP contribution in [0, 0.1) is 19.7 Å². The third-order valence-electron chi connectivity index (χ3n) is 4.27. The predicted octanol–water partition coefficient (Wildman–Crippen LogP) is 4.29. The molecule has 0 spiro atoms. The van der Waals surface area contributed by atoms with Crippen molar-refractivity contribution in [3.8, 4) is 0 Å². The number of pyridine rings is 1.